The molecule has 1 aliphatic rings. The van der Waals surface area contributed by atoms with Gasteiger partial charge in [-0.3, -0.25) is 0 Å². The van der Waals surface area contributed by atoms with Crippen LogP contribution in [0.25, 0.3) is 0 Å². The van der Waals surface area contributed by atoms with Gasteiger partial charge in [0.05, 0.1) is 0 Å². The highest BCUT2D eigenvalue weighted by atomic mass is 16.5. The molecule has 1 saturated heterocycles. The summed E-state index contributed by atoms with van der Waals surface area (Å²) >= 11 is 0. The van der Waals surface area contributed by atoms with Crippen molar-refractivity contribution in [3.8, 4) is 0 Å². The smallest absolute Gasteiger partial charge is 0.319 e. The molecule has 0 saturated carbocycles. The number of methoxy groups -OCH3 is 1. The van der Waals surface area contributed by atoms with Crippen LogP contribution in [0, 0.1) is 0 Å². The molecule has 0 atom stereocenters. The molecule has 4 heteroatoms. The van der Waals surface area contributed by atoms with Crippen LogP contribution in [0.1, 0.15) is 19.3 Å². The van der Waals surface area contributed by atoms with Crippen molar-refractivity contribution in [2.24, 2.45) is 0 Å². The zero-order valence-corrected chi connectivity index (χ0v) is 9.16. The molecular weight excluding hydrogens is 180 g/mol. The van der Waals surface area contributed by atoms with Crippen molar-refractivity contribution >= 4 is 6.03 Å². The van der Waals surface area contributed by atoms with E-state index in [1.807, 2.05) is 11.9 Å². The largest absolute Gasteiger partial charge is 0.385 e. The molecule has 14 heavy (non-hydrogen) atoms. The summed E-state index contributed by atoms with van der Waals surface area (Å²) in [7, 11) is 3.54. The Morgan fingerprint density at radius 2 is 2.07 bits per heavy atom. The van der Waals surface area contributed by atoms with Gasteiger partial charge in [-0.25, -0.2) is 4.79 Å². The van der Waals surface area contributed by atoms with Crippen molar-refractivity contribution in [2.45, 2.75) is 19.3 Å². The summed E-state index contributed by atoms with van der Waals surface area (Å²) in [6.07, 6.45) is 3.21. The fraction of sp³-hybridized carbons (Fsp3) is 0.900. The van der Waals surface area contributed by atoms with E-state index in [2.05, 4.69) is 0 Å². The van der Waals surface area contributed by atoms with Crippen LogP contribution >= 0.6 is 0 Å². The number of urea groups is 1. The lowest BCUT2D eigenvalue weighted by molar-refractivity contribution is 0.157. The van der Waals surface area contributed by atoms with Gasteiger partial charge in [0.15, 0.2) is 0 Å². The van der Waals surface area contributed by atoms with E-state index in [9.17, 15) is 4.79 Å². The van der Waals surface area contributed by atoms with Crippen LogP contribution in [0.3, 0.4) is 0 Å². The Labute approximate surface area is 85.8 Å². The maximum Gasteiger partial charge on any atom is 0.319 e. The zero-order valence-electron chi connectivity index (χ0n) is 9.16. The standard InChI is InChI=1S/C10H20N2O2/c1-11(6-5-9-14-2)10(13)12-7-3-4-8-12/h3-9H2,1-2H3. The van der Waals surface area contributed by atoms with Gasteiger partial charge in [0.2, 0.25) is 0 Å². The molecule has 1 heterocycles. The normalized spacial score (nSPS) is 16.0. The second-order valence-electron chi connectivity index (χ2n) is 3.74. The fourth-order valence-electron chi connectivity index (χ4n) is 1.69. The first-order valence-electron chi connectivity index (χ1n) is 5.24. The van der Waals surface area contributed by atoms with E-state index in [0.717, 1.165) is 45.5 Å². The molecule has 2 amide bonds. The van der Waals surface area contributed by atoms with Gasteiger partial charge in [0.1, 0.15) is 0 Å². The molecule has 0 unspecified atom stereocenters. The summed E-state index contributed by atoms with van der Waals surface area (Å²) in [6.45, 7) is 3.35. The van der Waals surface area contributed by atoms with E-state index >= 15 is 0 Å². The SMILES string of the molecule is COCCCN(C)C(=O)N1CCCC1. The molecule has 1 rings (SSSR count). The molecule has 0 aromatic heterocycles. The highest BCUT2D eigenvalue weighted by molar-refractivity contribution is 5.74. The van der Waals surface area contributed by atoms with Gasteiger partial charge in [-0.2, -0.15) is 0 Å². The first kappa shape index (κ1) is 11.3. The number of nitrogens with zero attached hydrogens (tertiary/aromatic N) is 2. The maximum absolute atomic E-state index is 11.8. The summed E-state index contributed by atoms with van der Waals surface area (Å²) in [5, 5.41) is 0. The monoisotopic (exact) mass is 200 g/mol. The lowest BCUT2D eigenvalue weighted by Crippen LogP contribution is -2.40. The molecule has 82 valence electrons. The van der Waals surface area contributed by atoms with E-state index in [1.165, 1.54) is 0 Å². The molecule has 1 aliphatic heterocycles. The highest BCUT2D eigenvalue weighted by Crippen LogP contribution is 2.09. The quantitative estimate of drug-likeness (QED) is 0.638. The summed E-state index contributed by atoms with van der Waals surface area (Å²) in [5.41, 5.74) is 0. The predicted octanol–water partition coefficient (Wildman–Crippen LogP) is 1.17. The lowest BCUT2D eigenvalue weighted by Gasteiger charge is -2.24. The van der Waals surface area contributed by atoms with Crippen molar-refractivity contribution in [3.05, 3.63) is 0 Å². The summed E-state index contributed by atoms with van der Waals surface area (Å²) in [5.74, 6) is 0. The Kier molecular flexibility index (Phi) is 4.73. The second-order valence-corrected chi connectivity index (χ2v) is 3.74. The minimum atomic E-state index is 0.165. The summed E-state index contributed by atoms with van der Waals surface area (Å²) in [6, 6.07) is 0.165. The van der Waals surface area contributed by atoms with Gasteiger partial charge in [0.25, 0.3) is 0 Å². The van der Waals surface area contributed by atoms with Gasteiger partial charge in [0, 0.05) is 40.4 Å². The van der Waals surface area contributed by atoms with E-state index in [4.69, 9.17) is 4.74 Å². The van der Waals surface area contributed by atoms with Gasteiger partial charge in [-0.15, -0.1) is 0 Å². The van der Waals surface area contributed by atoms with Crippen LogP contribution in [0.15, 0.2) is 0 Å². The second kappa shape index (κ2) is 5.86. The van der Waals surface area contributed by atoms with Gasteiger partial charge >= 0.3 is 6.03 Å². The molecule has 0 radical (unpaired) electrons. The Balaban J connectivity index is 2.21. The zero-order chi connectivity index (χ0) is 10.4. The van der Waals surface area contributed by atoms with Crippen molar-refractivity contribution in [2.75, 3.05) is 40.4 Å². The van der Waals surface area contributed by atoms with Crippen LogP contribution in [-0.4, -0.2) is 56.2 Å². The first-order chi connectivity index (χ1) is 6.75. The third-order valence-corrected chi connectivity index (χ3v) is 2.55. The fourth-order valence-corrected chi connectivity index (χ4v) is 1.69. The van der Waals surface area contributed by atoms with Crippen LogP contribution in [0.4, 0.5) is 4.79 Å². The number of hydrogen-bond donors (Lipinski definition) is 0. The summed E-state index contributed by atoms with van der Waals surface area (Å²) < 4.78 is 4.95. The third-order valence-electron chi connectivity index (χ3n) is 2.55. The highest BCUT2D eigenvalue weighted by Gasteiger charge is 2.20. The Hall–Kier alpha value is -0.770. The molecule has 0 aliphatic carbocycles. The molecular formula is C10H20N2O2. The van der Waals surface area contributed by atoms with Gasteiger partial charge in [-0.05, 0) is 19.3 Å². The third kappa shape index (κ3) is 3.18. The molecule has 0 bridgehead atoms. The number of carbonyl (C=O) groups excluding carboxylic acids is 1. The number of likely N-dealkylation sites (tertiary alicyclic amines) is 1. The maximum atomic E-state index is 11.8. The van der Waals surface area contributed by atoms with Crippen LogP contribution in [0.2, 0.25) is 0 Å². The van der Waals surface area contributed by atoms with Crippen molar-refractivity contribution in [3.63, 3.8) is 0 Å². The van der Waals surface area contributed by atoms with Crippen molar-refractivity contribution < 1.29 is 9.53 Å². The number of ether oxygens (including phenoxy) is 1. The molecule has 0 spiro atoms. The summed E-state index contributed by atoms with van der Waals surface area (Å²) in [4.78, 5) is 15.5. The first-order valence-corrected chi connectivity index (χ1v) is 5.24. The van der Waals surface area contributed by atoms with E-state index < -0.39 is 0 Å². The Bertz CT molecular complexity index is 179. The van der Waals surface area contributed by atoms with Crippen LogP contribution in [-0.2, 0) is 4.74 Å². The average Bonchev–Trinajstić information content (AvgIpc) is 2.69. The molecule has 0 aromatic carbocycles. The molecule has 1 fully saturated rings. The van der Waals surface area contributed by atoms with Gasteiger partial charge in [-0.1, -0.05) is 0 Å². The topological polar surface area (TPSA) is 32.8 Å². The Morgan fingerprint density at radius 1 is 1.43 bits per heavy atom. The van der Waals surface area contributed by atoms with Crippen molar-refractivity contribution in [1.82, 2.24) is 9.80 Å². The molecule has 0 N–H and O–H groups in total. The number of hydrogen-bond acceptors (Lipinski definition) is 2. The van der Waals surface area contributed by atoms with Crippen LogP contribution < -0.4 is 0 Å². The van der Waals surface area contributed by atoms with E-state index in [0.29, 0.717) is 0 Å². The van der Waals surface area contributed by atoms with E-state index in [-0.39, 0.29) is 6.03 Å². The molecule has 4 nitrogen and oxygen atoms in total. The number of rotatable bonds is 4. The minimum Gasteiger partial charge on any atom is -0.385 e. The Morgan fingerprint density at radius 3 is 2.64 bits per heavy atom. The molecule has 0 aromatic rings. The predicted molar refractivity (Wildman–Crippen MR) is 55.3 cm³/mol. The lowest BCUT2D eigenvalue weighted by atomic mass is 10.4. The van der Waals surface area contributed by atoms with Crippen molar-refractivity contribution in [1.29, 1.82) is 0 Å². The van der Waals surface area contributed by atoms with Crippen LogP contribution in [0.5, 0.6) is 0 Å². The average molecular weight is 200 g/mol. The number of carbonyl (C=O) groups is 1. The van der Waals surface area contributed by atoms with E-state index in [1.54, 1.807) is 12.0 Å². The number of amides is 2. The minimum absolute atomic E-state index is 0.165. The van der Waals surface area contributed by atoms with Gasteiger partial charge < -0.3 is 14.5 Å².